The predicted octanol–water partition coefficient (Wildman–Crippen LogP) is 9.96. The summed E-state index contributed by atoms with van der Waals surface area (Å²) in [5.41, 5.74) is 4.12. The number of nitrogens with zero attached hydrogens (tertiary/aromatic N) is 1. The zero-order chi connectivity index (χ0) is 38.4. The molecule has 0 fully saturated rings. The highest BCUT2D eigenvalue weighted by Gasteiger charge is 2.50. The number of Topliss-reactive ketones (excluding diaryl/α,β-unsaturated/α-hetero) is 1. The van der Waals surface area contributed by atoms with Gasteiger partial charge < -0.3 is 24.5 Å². The SMILES string of the molecule is CCC(Oc1ccc(C(C)(C)CC)cc1C(C)(C)CC)C(=O)Nc1cccc(C(=O)C(OC)(Sc2nc3ccccc3o2)C(=O)Nc2ccccc2)c1. The molecule has 0 aliphatic rings. The van der Waals surface area contributed by atoms with Crippen molar-refractivity contribution in [1.82, 2.24) is 4.98 Å². The van der Waals surface area contributed by atoms with E-state index < -0.39 is 22.7 Å². The third-order valence-corrected chi connectivity index (χ3v) is 11.2. The first-order chi connectivity index (χ1) is 25.3. The molecule has 4 aromatic carbocycles. The third kappa shape index (κ3) is 8.66. The van der Waals surface area contributed by atoms with Crippen LogP contribution in [0.15, 0.2) is 107 Å². The highest BCUT2D eigenvalue weighted by Crippen LogP contribution is 2.41. The van der Waals surface area contributed by atoms with Crippen LogP contribution in [-0.4, -0.2) is 40.7 Å². The van der Waals surface area contributed by atoms with E-state index in [1.807, 2.05) is 25.1 Å². The van der Waals surface area contributed by atoms with Gasteiger partial charge in [-0.25, -0.2) is 4.98 Å². The lowest BCUT2D eigenvalue weighted by molar-refractivity contribution is -0.125. The maximum Gasteiger partial charge on any atom is 0.276 e. The van der Waals surface area contributed by atoms with Crippen molar-refractivity contribution in [1.29, 1.82) is 0 Å². The third-order valence-electron chi connectivity index (χ3n) is 10.0. The molecule has 0 radical (unpaired) electrons. The maximum absolute atomic E-state index is 14.5. The smallest absolute Gasteiger partial charge is 0.276 e. The van der Waals surface area contributed by atoms with Crippen LogP contribution in [0.3, 0.4) is 0 Å². The summed E-state index contributed by atoms with van der Waals surface area (Å²) < 4.78 is 18.2. The normalized spacial score (nSPS) is 13.6. The molecular weight excluding hydrogens is 687 g/mol. The van der Waals surface area contributed by atoms with Crippen molar-refractivity contribution in [2.24, 2.45) is 0 Å². The lowest BCUT2D eigenvalue weighted by Gasteiger charge is -2.31. The van der Waals surface area contributed by atoms with Gasteiger partial charge in [0, 0.05) is 29.6 Å². The molecule has 2 amide bonds. The number of anilines is 2. The van der Waals surface area contributed by atoms with E-state index in [2.05, 4.69) is 69.3 Å². The summed E-state index contributed by atoms with van der Waals surface area (Å²) >= 11 is 0.762. The van der Waals surface area contributed by atoms with E-state index in [9.17, 15) is 14.4 Å². The molecule has 0 aliphatic heterocycles. The van der Waals surface area contributed by atoms with Crippen molar-refractivity contribution >= 4 is 51.8 Å². The molecule has 1 heterocycles. The molecule has 278 valence electrons. The summed E-state index contributed by atoms with van der Waals surface area (Å²) in [6.45, 7) is 15.1. The van der Waals surface area contributed by atoms with Gasteiger partial charge in [0.1, 0.15) is 11.3 Å². The second-order valence-electron chi connectivity index (χ2n) is 14.3. The van der Waals surface area contributed by atoms with E-state index in [0.29, 0.717) is 34.6 Å². The van der Waals surface area contributed by atoms with Crippen LogP contribution in [0, 0.1) is 0 Å². The Morgan fingerprint density at radius 1 is 0.792 bits per heavy atom. The van der Waals surface area contributed by atoms with Gasteiger partial charge in [0.25, 0.3) is 22.0 Å². The summed E-state index contributed by atoms with van der Waals surface area (Å²) in [6, 6.07) is 28.6. The number of aromatic nitrogens is 1. The van der Waals surface area contributed by atoms with Crippen molar-refractivity contribution in [2.45, 2.75) is 94.8 Å². The van der Waals surface area contributed by atoms with Crippen LogP contribution in [0.2, 0.25) is 0 Å². The zero-order valence-corrected chi connectivity index (χ0v) is 32.6. The molecule has 0 saturated carbocycles. The molecule has 5 rings (SSSR count). The summed E-state index contributed by atoms with van der Waals surface area (Å²) in [5, 5.41) is 5.82. The molecule has 1 aromatic heterocycles. The number of hydrogen-bond acceptors (Lipinski definition) is 8. The van der Waals surface area contributed by atoms with Gasteiger partial charge in [0.2, 0.25) is 5.78 Å². The average Bonchev–Trinajstić information content (AvgIpc) is 3.58. The van der Waals surface area contributed by atoms with Crippen LogP contribution in [0.25, 0.3) is 11.1 Å². The van der Waals surface area contributed by atoms with Gasteiger partial charge in [-0.2, -0.15) is 0 Å². The Morgan fingerprint density at radius 2 is 1.47 bits per heavy atom. The van der Waals surface area contributed by atoms with E-state index in [1.54, 1.807) is 60.7 Å². The van der Waals surface area contributed by atoms with Gasteiger partial charge in [-0.1, -0.05) is 103 Å². The van der Waals surface area contributed by atoms with Crippen molar-refractivity contribution in [3.05, 3.63) is 114 Å². The number of benzene rings is 4. The van der Waals surface area contributed by atoms with Crippen LogP contribution in [0.4, 0.5) is 11.4 Å². The lowest BCUT2D eigenvalue weighted by atomic mass is 9.76. The molecule has 2 atom stereocenters. The van der Waals surface area contributed by atoms with Gasteiger partial charge in [-0.3, -0.25) is 14.4 Å². The van der Waals surface area contributed by atoms with E-state index >= 15 is 0 Å². The fourth-order valence-corrected chi connectivity index (χ4v) is 6.74. The second-order valence-corrected chi connectivity index (χ2v) is 15.4. The maximum atomic E-state index is 14.5. The number of thioether (sulfide) groups is 1. The summed E-state index contributed by atoms with van der Waals surface area (Å²) in [7, 11) is 1.29. The van der Waals surface area contributed by atoms with E-state index in [4.69, 9.17) is 13.9 Å². The fourth-order valence-electron chi connectivity index (χ4n) is 5.78. The molecule has 9 nitrogen and oxygen atoms in total. The first-order valence-electron chi connectivity index (χ1n) is 18.0. The van der Waals surface area contributed by atoms with Crippen LogP contribution >= 0.6 is 11.8 Å². The van der Waals surface area contributed by atoms with Crippen molar-refractivity contribution < 1.29 is 28.3 Å². The Morgan fingerprint density at radius 3 is 2.13 bits per heavy atom. The number of fused-ring (bicyclic) bond motifs is 1. The Bertz CT molecular complexity index is 2040. The van der Waals surface area contributed by atoms with Crippen LogP contribution < -0.4 is 15.4 Å². The van der Waals surface area contributed by atoms with E-state index in [1.165, 1.54) is 18.7 Å². The predicted molar refractivity (Wildman–Crippen MR) is 212 cm³/mol. The van der Waals surface area contributed by atoms with Crippen LogP contribution in [0.1, 0.15) is 89.2 Å². The van der Waals surface area contributed by atoms with E-state index in [-0.39, 0.29) is 27.5 Å². The molecule has 0 bridgehead atoms. The van der Waals surface area contributed by atoms with Crippen molar-refractivity contribution in [3.8, 4) is 5.75 Å². The number of nitrogens with one attached hydrogen (secondary N) is 2. The fraction of sp³-hybridized carbons (Fsp3) is 0.349. The Kier molecular flexibility index (Phi) is 12.1. The summed E-state index contributed by atoms with van der Waals surface area (Å²) in [4.78, 5) is 44.7. The van der Waals surface area contributed by atoms with Crippen LogP contribution in [-0.2, 0) is 25.2 Å². The van der Waals surface area contributed by atoms with E-state index in [0.717, 1.165) is 30.2 Å². The minimum Gasteiger partial charge on any atom is -0.480 e. The number of methoxy groups -OCH3 is 1. The molecule has 0 saturated heterocycles. The topological polar surface area (TPSA) is 120 Å². The number of oxazole rings is 1. The van der Waals surface area contributed by atoms with Gasteiger partial charge in [0.05, 0.1) is 0 Å². The largest absolute Gasteiger partial charge is 0.480 e. The van der Waals surface area contributed by atoms with Gasteiger partial charge >= 0.3 is 0 Å². The minimum atomic E-state index is -2.14. The highest BCUT2D eigenvalue weighted by molar-refractivity contribution is 8.01. The van der Waals surface area contributed by atoms with Gasteiger partial charge in [0.15, 0.2) is 11.7 Å². The number of para-hydroxylation sites is 3. The Balaban J connectivity index is 1.43. The first kappa shape index (κ1) is 39.3. The highest BCUT2D eigenvalue weighted by atomic mass is 32.2. The number of amides is 2. The Labute approximate surface area is 316 Å². The van der Waals surface area contributed by atoms with Crippen LogP contribution in [0.5, 0.6) is 5.75 Å². The zero-order valence-electron chi connectivity index (χ0n) is 31.7. The van der Waals surface area contributed by atoms with Crippen molar-refractivity contribution in [3.63, 3.8) is 0 Å². The molecule has 5 aromatic rings. The molecule has 53 heavy (non-hydrogen) atoms. The number of carbonyl (C=O) groups is 3. The monoisotopic (exact) mass is 735 g/mol. The van der Waals surface area contributed by atoms with Gasteiger partial charge in [-0.05, 0) is 89.9 Å². The molecular formula is C43H49N3O6S. The molecule has 2 unspecified atom stereocenters. The summed E-state index contributed by atoms with van der Waals surface area (Å²) in [6.07, 6.45) is 1.47. The molecule has 2 N–H and O–H groups in total. The number of rotatable bonds is 16. The Hall–Kier alpha value is -4.93. The molecule has 10 heteroatoms. The number of hydrogen-bond donors (Lipinski definition) is 2. The number of ether oxygens (including phenoxy) is 2. The number of carbonyl (C=O) groups excluding carboxylic acids is 3. The first-order valence-corrected chi connectivity index (χ1v) is 18.8. The van der Waals surface area contributed by atoms with Crippen molar-refractivity contribution in [2.75, 3.05) is 17.7 Å². The summed E-state index contributed by atoms with van der Waals surface area (Å²) in [5.74, 6) is -1.09. The lowest BCUT2D eigenvalue weighted by Crippen LogP contribution is -2.48. The molecule has 0 aliphatic carbocycles. The van der Waals surface area contributed by atoms with Gasteiger partial charge in [-0.15, -0.1) is 0 Å². The minimum absolute atomic E-state index is 0.00913. The quantitative estimate of drug-likeness (QED) is 0.0445. The number of ketones is 1. The average molecular weight is 736 g/mol. The molecule has 0 spiro atoms. The second kappa shape index (κ2) is 16.4. The standard InChI is InChI=1S/C43H49N3O6S/c1-9-34(51-35-25-24-29(41(4,5)10-2)27-32(35)42(6,7)11-3)38(48)44-31-21-17-18-28(26-31)37(47)43(50-8,39(49)45-30-19-13-12-14-20-30)53-40-46-33-22-15-16-23-36(33)52-40/h12-27,34H,9-11H2,1-8H3,(H,44,48)(H,45,49).